The maximum absolute atomic E-state index is 12.7. The first-order valence-corrected chi connectivity index (χ1v) is 9.25. The highest BCUT2D eigenvalue weighted by molar-refractivity contribution is 9.10. The molecule has 1 heterocycles. The number of nitrogens with two attached hydrogens (primary N) is 1. The van der Waals surface area contributed by atoms with E-state index >= 15 is 0 Å². The Morgan fingerprint density at radius 3 is 2.32 bits per heavy atom. The molecule has 1 aromatic carbocycles. The van der Waals surface area contributed by atoms with Gasteiger partial charge in [0.15, 0.2) is 0 Å². The predicted octanol–water partition coefficient (Wildman–Crippen LogP) is 3.70. The minimum absolute atomic E-state index is 0.0986. The molecular weight excluding hydrogens is 443 g/mol. The summed E-state index contributed by atoms with van der Waals surface area (Å²) in [5, 5.41) is 8.62. The molecule has 0 unspecified atom stereocenters. The number of carbonyl (C=O) groups is 1. The number of hydrogen-bond acceptors (Lipinski definition) is 4. The van der Waals surface area contributed by atoms with Crippen molar-refractivity contribution in [2.24, 2.45) is 0 Å². The van der Waals surface area contributed by atoms with Gasteiger partial charge in [-0.05, 0) is 32.9 Å². The third-order valence-electron chi connectivity index (χ3n) is 3.57. The Balaban J connectivity index is 2.03. The summed E-state index contributed by atoms with van der Waals surface area (Å²) >= 11 is 3.29. The van der Waals surface area contributed by atoms with Gasteiger partial charge < -0.3 is 14.4 Å². The minimum atomic E-state index is -4.77. The summed E-state index contributed by atoms with van der Waals surface area (Å²) in [6.07, 6.45) is -5.12. The minimum Gasteiger partial charge on any atom is -0.445 e. The molecule has 10 heteroatoms. The molecule has 6 nitrogen and oxygen atoms in total. The fourth-order valence-corrected chi connectivity index (χ4v) is 2.50. The van der Waals surface area contributed by atoms with Crippen molar-refractivity contribution in [1.82, 2.24) is 4.90 Å². The van der Waals surface area contributed by atoms with Crippen molar-refractivity contribution in [1.29, 1.82) is 5.41 Å². The van der Waals surface area contributed by atoms with Crippen molar-refractivity contribution in [3.8, 4) is 0 Å². The lowest BCUT2D eigenvalue weighted by Gasteiger charge is -2.39. The van der Waals surface area contributed by atoms with E-state index in [1.807, 2.05) is 0 Å². The summed E-state index contributed by atoms with van der Waals surface area (Å²) in [5.41, 5.74) is -1.53. The molecule has 1 aromatic rings. The molecule has 1 fully saturated rings. The Morgan fingerprint density at radius 2 is 1.82 bits per heavy atom. The lowest BCUT2D eigenvalue weighted by atomic mass is 10.1. The van der Waals surface area contributed by atoms with Crippen molar-refractivity contribution in [3.63, 3.8) is 0 Å². The summed E-state index contributed by atoms with van der Waals surface area (Å²) in [6.45, 7) is 5.62. The van der Waals surface area contributed by atoms with Crippen LogP contribution in [0.3, 0.4) is 0 Å². The van der Waals surface area contributed by atoms with Crippen molar-refractivity contribution < 1.29 is 32.8 Å². The third kappa shape index (κ3) is 6.83. The monoisotopic (exact) mass is 464 g/mol. The van der Waals surface area contributed by atoms with Crippen molar-refractivity contribution in [3.05, 3.63) is 40.7 Å². The van der Waals surface area contributed by atoms with Crippen LogP contribution in [0.15, 0.2) is 40.7 Å². The number of nitrogens with zero attached hydrogens (tertiary/aromatic N) is 1. The van der Waals surface area contributed by atoms with E-state index in [-0.39, 0.29) is 19.0 Å². The van der Waals surface area contributed by atoms with E-state index in [0.717, 1.165) is 4.47 Å². The molecule has 2 rings (SSSR count). The number of alkyl halides is 3. The van der Waals surface area contributed by atoms with E-state index in [1.54, 1.807) is 45.0 Å². The third-order valence-corrected chi connectivity index (χ3v) is 4.10. The summed E-state index contributed by atoms with van der Waals surface area (Å²) < 4.78 is 49.9. The van der Waals surface area contributed by atoms with Gasteiger partial charge in [-0.25, -0.2) is 4.79 Å². The number of quaternary nitrogens is 1. The average Bonchev–Trinajstić information content (AvgIpc) is 2.49. The summed E-state index contributed by atoms with van der Waals surface area (Å²) in [4.78, 5) is 13.3. The first-order chi connectivity index (χ1) is 12.8. The second-order valence-corrected chi connectivity index (χ2v) is 8.19. The lowest BCUT2D eigenvalue weighted by Crippen LogP contribution is -2.77. The number of amides is 1. The number of benzene rings is 1. The largest absolute Gasteiger partial charge is 0.445 e. The standard InChI is InChI=1S/C18H21BrF3N3O3/c1-17(2,3)28-16(26)25-9-13(10-25)27-15(8-14(23)18(20,21)22)24-12-6-4-11(19)5-7-12/h4-8,13,23-24H,9-10H2,1-3H3/p+1. The first kappa shape index (κ1) is 22.2. The number of ether oxygens (including phenoxy) is 2. The Hall–Kier alpha value is -2.07. The van der Waals surface area contributed by atoms with E-state index in [2.05, 4.69) is 15.9 Å². The Bertz CT molecular complexity index is 752. The number of rotatable bonds is 5. The van der Waals surface area contributed by atoms with Crippen LogP contribution in [0.4, 0.5) is 23.7 Å². The van der Waals surface area contributed by atoms with Crippen LogP contribution in [-0.4, -0.2) is 47.7 Å². The summed E-state index contributed by atoms with van der Waals surface area (Å²) in [5.74, 6) is -0.0986. The molecule has 0 bridgehead atoms. The predicted molar refractivity (Wildman–Crippen MR) is 100 cm³/mol. The first-order valence-electron chi connectivity index (χ1n) is 8.46. The van der Waals surface area contributed by atoms with E-state index in [9.17, 15) is 18.0 Å². The fourth-order valence-electron chi connectivity index (χ4n) is 2.24. The normalized spacial score (nSPS) is 15.8. The van der Waals surface area contributed by atoms with Crippen LogP contribution in [0, 0.1) is 5.41 Å². The maximum Gasteiger partial charge on any atom is 0.433 e. The van der Waals surface area contributed by atoms with Crippen LogP contribution < -0.4 is 5.32 Å². The molecule has 1 aliphatic rings. The number of allylic oxidation sites excluding steroid dienone is 1. The Morgan fingerprint density at radius 1 is 1.25 bits per heavy atom. The quantitative estimate of drug-likeness (QED) is 0.396. The topological polar surface area (TPSA) is 79.2 Å². The zero-order valence-corrected chi connectivity index (χ0v) is 17.2. The van der Waals surface area contributed by atoms with Crippen molar-refractivity contribution in [2.45, 2.75) is 38.7 Å². The van der Waals surface area contributed by atoms with Crippen molar-refractivity contribution in [2.75, 3.05) is 13.1 Å². The lowest BCUT2D eigenvalue weighted by molar-refractivity contribution is -0.554. The van der Waals surface area contributed by atoms with Crippen LogP contribution in [0.1, 0.15) is 20.8 Å². The van der Waals surface area contributed by atoms with Crippen LogP contribution in [-0.2, 0) is 9.47 Å². The highest BCUT2D eigenvalue weighted by Crippen LogP contribution is 2.21. The number of nitrogens with one attached hydrogen (secondary N) is 1. The molecule has 1 aliphatic heterocycles. The average molecular weight is 465 g/mol. The molecule has 1 amide bonds. The van der Waals surface area contributed by atoms with Crippen LogP contribution in [0.25, 0.3) is 0 Å². The highest BCUT2D eigenvalue weighted by Gasteiger charge is 2.38. The smallest absolute Gasteiger partial charge is 0.433 e. The van der Waals surface area contributed by atoms with Crippen LogP contribution >= 0.6 is 15.9 Å². The second kappa shape index (κ2) is 8.52. The van der Waals surface area contributed by atoms with E-state index in [1.165, 1.54) is 10.2 Å². The van der Waals surface area contributed by atoms with Crippen LogP contribution in [0.5, 0.6) is 0 Å². The van der Waals surface area contributed by atoms with Gasteiger partial charge in [0.05, 0.1) is 19.2 Å². The molecule has 0 spiro atoms. The molecule has 0 aliphatic carbocycles. The molecule has 3 N–H and O–H groups in total. The Kier molecular flexibility index (Phi) is 6.76. The zero-order chi connectivity index (χ0) is 21.1. The van der Waals surface area contributed by atoms with E-state index in [4.69, 9.17) is 14.9 Å². The summed E-state index contributed by atoms with van der Waals surface area (Å²) in [6, 6.07) is 6.89. The molecule has 0 saturated carbocycles. The van der Waals surface area contributed by atoms with Gasteiger partial charge in [-0.1, -0.05) is 15.9 Å². The number of hydrogen-bond donors (Lipinski definition) is 2. The number of carbonyl (C=O) groups excluding carboxylic acids is 1. The maximum atomic E-state index is 12.7. The fraction of sp³-hybridized carbons (Fsp3) is 0.444. The summed E-state index contributed by atoms with van der Waals surface area (Å²) in [7, 11) is 0. The highest BCUT2D eigenvalue weighted by atomic mass is 79.9. The second-order valence-electron chi connectivity index (χ2n) is 7.28. The number of halogens is 4. The van der Waals surface area contributed by atoms with Gasteiger partial charge in [-0.15, -0.1) is 0 Å². The van der Waals surface area contributed by atoms with Gasteiger partial charge in [0.25, 0.3) is 5.88 Å². The molecule has 0 atom stereocenters. The van der Waals surface area contributed by atoms with E-state index < -0.39 is 29.7 Å². The zero-order valence-electron chi connectivity index (χ0n) is 15.6. The molecule has 1 saturated heterocycles. The van der Waals surface area contributed by atoms with Gasteiger partial charge in [-0.2, -0.15) is 13.2 Å². The van der Waals surface area contributed by atoms with Gasteiger partial charge in [0, 0.05) is 16.6 Å². The number of likely N-dealkylation sites (tertiary alicyclic amines) is 1. The SMILES string of the molecule is CC(C)(C)OC(=O)N1CC(OC(=CC(=N)C(F)(F)F)[NH2+]c2ccc(Br)cc2)C1. The molecule has 28 heavy (non-hydrogen) atoms. The van der Waals surface area contributed by atoms with E-state index in [0.29, 0.717) is 11.8 Å². The molecule has 154 valence electrons. The molecular formula is C18H22BrF3N3O3+. The Labute approximate surface area is 169 Å². The van der Waals surface area contributed by atoms with Gasteiger partial charge in [-0.3, -0.25) is 10.7 Å². The molecule has 0 radical (unpaired) electrons. The van der Waals surface area contributed by atoms with Gasteiger partial charge in [0.2, 0.25) is 0 Å². The van der Waals surface area contributed by atoms with Gasteiger partial charge in [0.1, 0.15) is 23.1 Å². The van der Waals surface area contributed by atoms with Gasteiger partial charge >= 0.3 is 12.3 Å². The van der Waals surface area contributed by atoms with Crippen molar-refractivity contribution >= 4 is 33.4 Å². The van der Waals surface area contributed by atoms with Crippen LogP contribution in [0.2, 0.25) is 0 Å². The molecule has 0 aromatic heterocycles.